The molecule has 0 unspecified atom stereocenters. The van der Waals surface area contributed by atoms with Crippen LogP contribution in [0, 0.1) is 5.41 Å². The number of guanidine groups is 1. The Bertz CT molecular complexity index is 396. The summed E-state index contributed by atoms with van der Waals surface area (Å²) in [5.41, 5.74) is 0.424. The largest absolute Gasteiger partial charge is 0.357 e. The van der Waals surface area contributed by atoms with Crippen molar-refractivity contribution in [1.82, 2.24) is 15.5 Å². The van der Waals surface area contributed by atoms with Crippen molar-refractivity contribution >= 4 is 11.9 Å². The summed E-state index contributed by atoms with van der Waals surface area (Å²) in [6.07, 6.45) is 10.0. The Kier molecular flexibility index (Phi) is 7.18. The van der Waals surface area contributed by atoms with Crippen molar-refractivity contribution < 1.29 is 4.79 Å². The van der Waals surface area contributed by atoms with Gasteiger partial charge >= 0.3 is 0 Å². The second-order valence-corrected chi connectivity index (χ2v) is 7.05. The highest BCUT2D eigenvalue weighted by atomic mass is 16.2. The predicted molar refractivity (Wildman–Crippen MR) is 95.6 cm³/mol. The van der Waals surface area contributed by atoms with E-state index in [1.165, 1.54) is 38.5 Å². The smallest absolute Gasteiger partial charge is 0.244 e. The molecule has 5 heteroatoms. The maximum absolute atomic E-state index is 12.2. The number of amides is 1. The maximum Gasteiger partial charge on any atom is 0.244 e. The van der Waals surface area contributed by atoms with E-state index < -0.39 is 0 Å². The van der Waals surface area contributed by atoms with Gasteiger partial charge in [0.15, 0.2) is 5.96 Å². The van der Waals surface area contributed by atoms with Gasteiger partial charge in [0.2, 0.25) is 5.91 Å². The molecule has 1 aliphatic heterocycles. The fourth-order valence-electron chi connectivity index (χ4n) is 3.78. The Morgan fingerprint density at radius 2 is 1.74 bits per heavy atom. The predicted octanol–water partition coefficient (Wildman–Crippen LogP) is 2.52. The molecule has 1 saturated heterocycles. The summed E-state index contributed by atoms with van der Waals surface area (Å²) in [4.78, 5) is 18.7. The average Bonchev–Trinajstić information content (AvgIpc) is 3.07. The standard InChI is InChI=1S/C18H34N4O/c1-3-18(10-6-7-11-18)15-21-17(19-4-2)20-14-16(23)22-12-8-5-9-13-22/h3-15H2,1-2H3,(H2,19,20,21). The van der Waals surface area contributed by atoms with Gasteiger partial charge in [0.1, 0.15) is 6.54 Å². The number of nitrogens with zero attached hydrogens (tertiary/aromatic N) is 2. The molecule has 0 spiro atoms. The van der Waals surface area contributed by atoms with E-state index in [1.54, 1.807) is 0 Å². The quantitative estimate of drug-likeness (QED) is 0.583. The summed E-state index contributed by atoms with van der Waals surface area (Å²) >= 11 is 0. The van der Waals surface area contributed by atoms with Crippen LogP contribution in [0.25, 0.3) is 0 Å². The fraction of sp³-hybridized carbons (Fsp3) is 0.889. The third-order valence-corrected chi connectivity index (χ3v) is 5.47. The summed E-state index contributed by atoms with van der Waals surface area (Å²) in [5, 5.41) is 6.76. The minimum Gasteiger partial charge on any atom is -0.357 e. The first kappa shape index (κ1) is 18.1. The van der Waals surface area contributed by atoms with Crippen LogP contribution in [0.1, 0.15) is 65.2 Å². The van der Waals surface area contributed by atoms with Gasteiger partial charge in [-0.1, -0.05) is 19.8 Å². The average molecular weight is 322 g/mol. The molecule has 5 nitrogen and oxygen atoms in total. The molecule has 2 N–H and O–H groups in total. The number of rotatable bonds is 6. The monoisotopic (exact) mass is 322 g/mol. The molecule has 23 heavy (non-hydrogen) atoms. The van der Waals surface area contributed by atoms with Crippen LogP contribution in [0.2, 0.25) is 0 Å². The highest BCUT2D eigenvalue weighted by Gasteiger charge is 2.31. The molecule has 1 aliphatic carbocycles. The van der Waals surface area contributed by atoms with Crippen molar-refractivity contribution in [2.24, 2.45) is 10.4 Å². The lowest BCUT2D eigenvalue weighted by molar-refractivity contribution is -0.130. The topological polar surface area (TPSA) is 56.7 Å². The van der Waals surface area contributed by atoms with Crippen LogP contribution in [0.5, 0.6) is 0 Å². The molecular weight excluding hydrogens is 288 g/mol. The Balaban J connectivity index is 1.85. The van der Waals surface area contributed by atoms with Crippen LogP contribution >= 0.6 is 0 Å². The number of hydrogen-bond acceptors (Lipinski definition) is 2. The lowest BCUT2D eigenvalue weighted by Crippen LogP contribution is -2.44. The van der Waals surface area contributed by atoms with E-state index >= 15 is 0 Å². The number of piperidine rings is 1. The molecule has 2 fully saturated rings. The van der Waals surface area contributed by atoms with Gasteiger partial charge in [-0.25, -0.2) is 4.99 Å². The highest BCUT2D eigenvalue weighted by molar-refractivity contribution is 5.85. The summed E-state index contributed by atoms with van der Waals surface area (Å²) in [5.74, 6) is 0.950. The van der Waals surface area contributed by atoms with E-state index in [4.69, 9.17) is 0 Å². The van der Waals surface area contributed by atoms with Gasteiger partial charge in [-0.15, -0.1) is 0 Å². The molecule has 2 rings (SSSR count). The Labute approximate surface area is 141 Å². The van der Waals surface area contributed by atoms with Crippen LogP contribution in [0.3, 0.4) is 0 Å². The number of carbonyl (C=O) groups is 1. The first-order valence-corrected chi connectivity index (χ1v) is 9.49. The molecule has 132 valence electrons. The van der Waals surface area contributed by atoms with Gasteiger partial charge < -0.3 is 15.5 Å². The van der Waals surface area contributed by atoms with E-state index in [2.05, 4.69) is 29.5 Å². The van der Waals surface area contributed by atoms with Crippen LogP contribution < -0.4 is 10.6 Å². The SMILES string of the molecule is CCNC(=NCC(=O)N1CCCCC1)NCC1(CC)CCCC1. The zero-order valence-corrected chi connectivity index (χ0v) is 15.0. The third kappa shape index (κ3) is 5.40. The summed E-state index contributed by atoms with van der Waals surface area (Å²) in [7, 11) is 0. The van der Waals surface area contributed by atoms with Gasteiger partial charge in [0.05, 0.1) is 0 Å². The minimum absolute atomic E-state index is 0.160. The molecule has 1 amide bonds. The van der Waals surface area contributed by atoms with Crippen molar-refractivity contribution in [2.75, 3.05) is 32.7 Å². The first-order valence-electron chi connectivity index (χ1n) is 9.49. The molecule has 0 radical (unpaired) electrons. The molecule has 0 atom stereocenters. The van der Waals surface area contributed by atoms with Crippen molar-refractivity contribution in [3.8, 4) is 0 Å². The van der Waals surface area contributed by atoms with E-state index in [-0.39, 0.29) is 12.5 Å². The van der Waals surface area contributed by atoms with E-state index in [1.807, 2.05) is 4.90 Å². The number of aliphatic imine (C=N–C) groups is 1. The number of nitrogens with one attached hydrogen (secondary N) is 2. The van der Waals surface area contributed by atoms with Crippen molar-refractivity contribution in [1.29, 1.82) is 0 Å². The summed E-state index contributed by atoms with van der Waals surface area (Å²) in [6.45, 7) is 8.20. The molecule has 2 aliphatic rings. The molecule has 1 heterocycles. The van der Waals surface area contributed by atoms with Gasteiger partial charge in [-0.05, 0) is 50.9 Å². The zero-order chi connectivity index (χ0) is 16.5. The van der Waals surface area contributed by atoms with Crippen molar-refractivity contribution in [3.63, 3.8) is 0 Å². The molecule has 1 saturated carbocycles. The lowest BCUT2D eigenvalue weighted by Gasteiger charge is -2.29. The van der Waals surface area contributed by atoms with Crippen LogP contribution in [-0.4, -0.2) is 49.5 Å². The third-order valence-electron chi connectivity index (χ3n) is 5.47. The van der Waals surface area contributed by atoms with Crippen molar-refractivity contribution in [3.05, 3.63) is 0 Å². The molecule has 0 bridgehead atoms. The number of carbonyl (C=O) groups excluding carboxylic acids is 1. The van der Waals surface area contributed by atoms with E-state index in [0.717, 1.165) is 45.0 Å². The van der Waals surface area contributed by atoms with Crippen molar-refractivity contribution in [2.45, 2.75) is 65.2 Å². The molecule has 0 aromatic rings. The minimum atomic E-state index is 0.160. The van der Waals surface area contributed by atoms with Gasteiger partial charge in [0.25, 0.3) is 0 Å². The second kappa shape index (κ2) is 9.14. The Morgan fingerprint density at radius 3 is 2.35 bits per heavy atom. The first-order chi connectivity index (χ1) is 11.2. The van der Waals surface area contributed by atoms with Crippen LogP contribution in [0.4, 0.5) is 0 Å². The van der Waals surface area contributed by atoms with Gasteiger partial charge in [-0.2, -0.15) is 0 Å². The van der Waals surface area contributed by atoms with Gasteiger partial charge in [0, 0.05) is 26.2 Å². The van der Waals surface area contributed by atoms with Crippen LogP contribution in [-0.2, 0) is 4.79 Å². The maximum atomic E-state index is 12.2. The molecule has 0 aromatic heterocycles. The molecular formula is C18H34N4O. The van der Waals surface area contributed by atoms with Crippen LogP contribution in [0.15, 0.2) is 4.99 Å². The number of likely N-dealkylation sites (tertiary alicyclic amines) is 1. The highest BCUT2D eigenvalue weighted by Crippen LogP contribution is 2.40. The second-order valence-electron chi connectivity index (χ2n) is 7.05. The lowest BCUT2D eigenvalue weighted by atomic mass is 9.83. The molecule has 0 aromatic carbocycles. The zero-order valence-electron chi connectivity index (χ0n) is 15.0. The Morgan fingerprint density at radius 1 is 1.04 bits per heavy atom. The fourth-order valence-corrected chi connectivity index (χ4v) is 3.78. The summed E-state index contributed by atoms with van der Waals surface area (Å²) in [6, 6.07) is 0. The Hall–Kier alpha value is -1.26. The van der Waals surface area contributed by atoms with E-state index in [0.29, 0.717) is 5.41 Å². The number of hydrogen-bond donors (Lipinski definition) is 2. The van der Waals surface area contributed by atoms with Gasteiger partial charge in [-0.3, -0.25) is 4.79 Å². The normalized spacial score (nSPS) is 21.3. The summed E-state index contributed by atoms with van der Waals surface area (Å²) < 4.78 is 0. The van der Waals surface area contributed by atoms with E-state index in [9.17, 15) is 4.79 Å².